The summed E-state index contributed by atoms with van der Waals surface area (Å²) < 4.78 is 13.0. The number of piperazine rings is 1. The molecule has 0 unspecified atom stereocenters. The molecule has 0 radical (unpaired) electrons. The lowest BCUT2D eigenvalue weighted by Crippen LogP contribution is -2.50. The molecule has 0 spiro atoms. The van der Waals surface area contributed by atoms with E-state index in [-0.39, 0.29) is 12.5 Å². The van der Waals surface area contributed by atoms with Crippen LogP contribution in [0.2, 0.25) is 0 Å². The van der Waals surface area contributed by atoms with Gasteiger partial charge in [0, 0.05) is 63.6 Å². The SMILES string of the molecule is CO[C@H](C(=O)N1CCN(c2ccc(-c3cc(OCCCO)cn4ncc(C#N)c34)cn2)CC1)c1ccccc1. The molecule has 1 aliphatic rings. The molecular formula is C29H30N6O4. The van der Waals surface area contributed by atoms with Crippen molar-refractivity contribution >= 4 is 17.2 Å². The maximum atomic E-state index is 13.1. The molecule has 1 N–H and O–H groups in total. The molecule has 200 valence electrons. The summed E-state index contributed by atoms with van der Waals surface area (Å²) in [7, 11) is 1.56. The predicted octanol–water partition coefficient (Wildman–Crippen LogP) is 3.07. The zero-order valence-electron chi connectivity index (χ0n) is 21.7. The van der Waals surface area contributed by atoms with E-state index in [2.05, 4.69) is 16.1 Å². The van der Waals surface area contributed by atoms with Crippen LogP contribution in [0.25, 0.3) is 16.6 Å². The Morgan fingerprint density at radius 3 is 2.59 bits per heavy atom. The number of pyridine rings is 2. The van der Waals surface area contributed by atoms with E-state index in [1.165, 1.54) is 6.20 Å². The van der Waals surface area contributed by atoms with Crippen molar-refractivity contribution in [1.29, 1.82) is 5.26 Å². The van der Waals surface area contributed by atoms with Crippen LogP contribution in [0.1, 0.15) is 23.7 Å². The van der Waals surface area contributed by atoms with Gasteiger partial charge in [0.1, 0.15) is 17.6 Å². The van der Waals surface area contributed by atoms with Crippen LogP contribution in [0.4, 0.5) is 5.82 Å². The van der Waals surface area contributed by atoms with Crippen LogP contribution in [0.3, 0.4) is 0 Å². The molecular weight excluding hydrogens is 496 g/mol. The zero-order valence-corrected chi connectivity index (χ0v) is 21.7. The van der Waals surface area contributed by atoms with Gasteiger partial charge in [-0.25, -0.2) is 9.50 Å². The molecule has 39 heavy (non-hydrogen) atoms. The molecule has 4 heterocycles. The number of aromatic nitrogens is 3. The fourth-order valence-corrected chi connectivity index (χ4v) is 4.79. The number of aliphatic hydroxyl groups is 1. The molecule has 1 aromatic carbocycles. The molecule has 1 saturated heterocycles. The van der Waals surface area contributed by atoms with Gasteiger partial charge in [-0.1, -0.05) is 30.3 Å². The Bertz CT molecular complexity index is 1460. The number of fused-ring (bicyclic) bond motifs is 1. The number of carbonyl (C=O) groups is 1. The van der Waals surface area contributed by atoms with Gasteiger partial charge in [-0.05, 0) is 23.8 Å². The Morgan fingerprint density at radius 2 is 1.92 bits per heavy atom. The number of methoxy groups -OCH3 is 1. The van der Waals surface area contributed by atoms with Crippen molar-refractivity contribution in [3.8, 4) is 22.9 Å². The van der Waals surface area contributed by atoms with Crippen molar-refractivity contribution in [2.24, 2.45) is 0 Å². The second-order valence-corrected chi connectivity index (χ2v) is 9.22. The summed E-state index contributed by atoms with van der Waals surface area (Å²) in [4.78, 5) is 21.8. The summed E-state index contributed by atoms with van der Waals surface area (Å²) in [6.07, 6.45) is 4.95. The lowest BCUT2D eigenvalue weighted by molar-refractivity contribution is -0.142. The monoisotopic (exact) mass is 526 g/mol. The van der Waals surface area contributed by atoms with E-state index in [1.807, 2.05) is 53.4 Å². The number of rotatable bonds is 9. The number of carbonyl (C=O) groups excluding carboxylic acids is 1. The first-order valence-corrected chi connectivity index (χ1v) is 12.9. The molecule has 5 rings (SSSR count). The van der Waals surface area contributed by atoms with Gasteiger partial charge >= 0.3 is 0 Å². The first-order valence-electron chi connectivity index (χ1n) is 12.9. The van der Waals surface area contributed by atoms with E-state index in [0.717, 1.165) is 22.5 Å². The standard InChI is InChI=1S/C29H30N6O4/c1-38-28(21-6-3-2-4-7-21)29(37)34-12-10-33(11-13-34)26-9-8-22(18-31-26)25-16-24(39-15-5-14-36)20-35-27(25)23(17-30)19-32-35/h2-4,6-9,16,18-20,28,36H,5,10-15H2,1H3/t28-/m0/s1. The fraction of sp³-hybridized carbons (Fsp3) is 0.310. The molecule has 3 aromatic heterocycles. The number of nitrogens with zero attached hydrogens (tertiary/aromatic N) is 6. The van der Waals surface area contributed by atoms with Crippen LogP contribution < -0.4 is 9.64 Å². The van der Waals surface area contributed by atoms with Gasteiger partial charge < -0.3 is 24.4 Å². The van der Waals surface area contributed by atoms with Crippen molar-refractivity contribution in [2.45, 2.75) is 12.5 Å². The molecule has 0 saturated carbocycles. The first kappa shape index (κ1) is 26.2. The third-order valence-electron chi connectivity index (χ3n) is 6.81. The molecule has 0 aliphatic carbocycles. The van der Waals surface area contributed by atoms with Gasteiger partial charge in [0.15, 0.2) is 6.10 Å². The average Bonchev–Trinajstić information content (AvgIpc) is 3.41. The molecule has 10 heteroatoms. The van der Waals surface area contributed by atoms with E-state index in [1.54, 1.807) is 24.0 Å². The van der Waals surface area contributed by atoms with Crippen molar-refractivity contribution in [3.63, 3.8) is 0 Å². The summed E-state index contributed by atoms with van der Waals surface area (Å²) in [5, 5.41) is 23.0. The van der Waals surface area contributed by atoms with Gasteiger partial charge in [0.05, 0.1) is 30.1 Å². The van der Waals surface area contributed by atoms with Crippen molar-refractivity contribution in [1.82, 2.24) is 19.5 Å². The topological polar surface area (TPSA) is 116 Å². The highest BCUT2D eigenvalue weighted by molar-refractivity contribution is 5.85. The fourth-order valence-electron chi connectivity index (χ4n) is 4.79. The number of amides is 1. The molecule has 4 aromatic rings. The second kappa shape index (κ2) is 11.9. The number of benzene rings is 1. The summed E-state index contributed by atoms with van der Waals surface area (Å²) in [5.41, 5.74) is 3.60. The van der Waals surface area contributed by atoms with Gasteiger partial charge in [0.25, 0.3) is 5.91 Å². The highest BCUT2D eigenvalue weighted by Crippen LogP contribution is 2.31. The Balaban J connectivity index is 1.30. The number of nitriles is 1. The van der Waals surface area contributed by atoms with Crippen LogP contribution >= 0.6 is 0 Å². The van der Waals surface area contributed by atoms with E-state index in [4.69, 9.17) is 19.6 Å². The van der Waals surface area contributed by atoms with E-state index < -0.39 is 6.10 Å². The first-order chi connectivity index (χ1) is 19.1. The minimum Gasteiger partial charge on any atom is -0.492 e. The third kappa shape index (κ3) is 5.55. The Kier molecular flexibility index (Phi) is 8.01. The highest BCUT2D eigenvalue weighted by atomic mass is 16.5. The number of ether oxygens (including phenoxy) is 2. The van der Waals surface area contributed by atoms with Crippen LogP contribution in [-0.2, 0) is 9.53 Å². The normalized spacial score (nSPS) is 14.3. The van der Waals surface area contributed by atoms with Crippen LogP contribution in [-0.4, -0.2) is 77.0 Å². The van der Waals surface area contributed by atoms with E-state index in [0.29, 0.717) is 56.0 Å². The van der Waals surface area contributed by atoms with Crippen molar-refractivity contribution in [3.05, 3.63) is 78.2 Å². The number of anilines is 1. The molecule has 1 fully saturated rings. The van der Waals surface area contributed by atoms with Crippen molar-refractivity contribution < 1.29 is 19.4 Å². The molecule has 1 atom stereocenters. The molecule has 1 aliphatic heterocycles. The van der Waals surface area contributed by atoms with Gasteiger partial charge in [-0.15, -0.1) is 0 Å². The Morgan fingerprint density at radius 1 is 1.13 bits per heavy atom. The third-order valence-corrected chi connectivity index (χ3v) is 6.81. The zero-order chi connectivity index (χ0) is 27.2. The van der Waals surface area contributed by atoms with Gasteiger partial charge in [-0.3, -0.25) is 4.79 Å². The molecule has 10 nitrogen and oxygen atoms in total. The number of aliphatic hydroxyl groups excluding tert-OH is 1. The van der Waals surface area contributed by atoms with Gasteiger partial charge in [-0.2, -0.15) is 10.4 Å². The average molecular weight is 527 g/mol. The summed E-state index contributed by atoms with van der Waals surface area (Å²) >= 11 is 0. The second-order valence-electron chi connectivity index (χ2n) is 9.22. The minimum absolute atomic E-state index is 0.0362. The minimum atomic E-state index is -0.614. The van der Waals surface area contributed by atoms with Gasteiger partial charge in [0.2, 0.25) is 0 Å². The molecule has 0 bridgehead atoms. The summed E-state index contributed by atoms with van der Waals surface area (Å²) in [5.74, 6) is 1.37. The van der Waals surface area contributed by atoms with Crippen LogP contribution in [0.5, 0.6) is 5.75 Å². The summed E-state index contributed by atoms with van der Waals surface area (Å²) in [6, 6.07) is 17.5. The summed E-state index contributed by atoms with van der Waals surface area (Å²) in [6.45, 7) is 2.87. The maximum Gasteiger partial charge on any atom is 0.256 e. The quantitative estimate of drug-likeness (QED) is 0.331. The van der Waals surface area contributed by atoms with Crippen molar-refractivity contribution in [2.75, 3.05) is 51.4 Å². The molecule has 1 amide bonds. The van der Waals surface area contributed by atoms with Crippen LogP contribution in [0, 0.1) is 11.3 Å². The predicted molar refractivity (Wildman–Crippen MR) is 145 cm³/mol. The Hall–Kier alpha value is -4.46. The Labute approximate surface area is 226 Å². The van der Waals surface area contributed by atoms with E-state index >= 15 is 0 Å². The maximum absolute atomic E-state index is 13.1. The largest absolute Gasteiger partial charge is 0.492 e. The lowest BCUT2D eigenvalue weighted by atomic mass is 10.1. The number of hydrogen-bond acceptors (Lipinski definition) is 8. The number of hydrogen-bond donors (Lipinski definition) is 1. The highest BCUT2D eigenvalue weighted by Gasteiger charge is 2.29. The van der Waals surface area contributed by atoms with E-state index in [9.17, 15) is 10.1 Å². The lowest BCUT2D eigenvalue weighted by Gasteiger charge is -2.36. The van der Waals surface area contributed by atoms with Crippen LogP contribution in [0.15, 0.2) is 67.1 Å². The smallest absolute Gasteiger partial charge is 0.256 e.